The molecule has 0 atom stereocenters. The van der Waals surface area contributed by atoms with Gasteiger partial charge in [-0.15, -0.1) is 0 Å². The molecular formula is C23H28N4O4. The van der Waals surface area contributed by atoms with E-state index in [4.69, 9.17) is 4.74 Å². The number of benzene rings is 2. The van der Waals surface area contributed by atoms with Crippen LogP contribution < -0.4 is 10.2 Å². The molecular weight excluding hydrogens is 396 g/mol. The maximum absolute atomic E-state index is 12.5. The molecule has 0 bridgehead atoms. The summed E-state index contributed by atoms with van der Waals surface area (Å²) >= 11 is 0. The van der Waals surface area contributed by atoms with Crippen LogP contribution in [0.1, 0.15) is 17.3 Å². The molecule has 2 aromatic carbocycles. The topological polar surface area (TPSA) is 82.2 Å². The summed E-state index contributed by atoms with van der Waals surface area (Å²) in [6, 6.07) is 15.9. The number of hydrogen-bond acceptors (Lipinski definition) is 5. The molecule has 3 amide bonds. The highest BCUT2D eigenvalue weighted by Gasteiger charge is 2.24. The van der Waals surface area contributed by atoms with Crippen molar-refractivity contribution in [1.29, 1.82) is 0 Å². The van der Waals surface area contributed by atoms with Crippen LogP contribution in [0.15, 0.2) is 54.6 Å². The van der Waals surface area contributed by atoms with Gasteiger partial charge in [-0.3, -0.25) is 9.69 Å². The molecule has 164 valence electrons. The van der Waals surface area contributed by atoms with Gasteiger partial charge < -0.3 is 19.9 Å². The molecule has 0 unspecified atom stereocenters. The number of anilines is 2. The highest BCUT2D eigenvalue weighted by molar-refractivity contribution is 5.94. The molecule has 31 heavy (non-hydrogen) atoms. The first-order valence-electron chi connectivity index (χ1n) is 10.3. The molecule has 1 fully saturated rings. The number of esters is 1. The molecule has 0 saturated carbocycles. The first-order chi connectivity index (χ1) is 15.0. The zero-order valence-corrected chi connectivity index (χ0v) is 17.9. The van der Waals surface area contributed by atoms with E-state index in [9.17, 15) is 14.4 Å². The summed E-state index contributed by atoms with van der Waals surface area (Å²) in [4.78, 5) is 42.2. The van der Waals surface area contributed by atoms with E-state index >= 15 is 0 Å². The van der Waals surface area contributed by atoms with Crippen LogP contribution in [0.2, 0.25) is 0 Å². The molecule has 1 N–H and O–H groups in total. The highest BCUT2D eigenvalue weighted by Crippen LogP contribution is 2.14. The molecule has 1 aliphatic heterocycles. The van der Waals surface area contributed by atoms with E-state index in [0.29, 0.717) is 50.6 Å². The van der Waals surface area contributed by atoms with Crippen LogP contribution in [0.5, 0.6) is 0 Å². The Labute approximate surface area is 182 Å². The van der Waals surface area contributed by atoms with Crippen LogP contribution in [-0.4, -0.2) is 74.1 Å². The van der Waals surface area contributed by atoms with Crippen molar-refractivity contribution in [2.75, 3.05) is 56.6 Å². The van der Waals surface area contributed by atoms with Gasteiger partial charge in [-0.2, -0.15) is 0 Å². The van der Waals surface area contributed by atoms with Crippen LogP contribution in [0.3, 0.4) is 0 Å². The monoisotopic (exact) mass is 424 g/mol. The number of amides is 3. The lowest BCUT2D eigenvalue weighted by Gasteiger charge is -2.35. The Morgan fingerprint density at radius 2 is 1.61 bits per heavy atom. The van der Waals surface area contributed by atoms with Crippen molar-refractivity contribution in [1.82, 2.24) is 9.80 Å². The summed E-state index contributed by atoms with van der Waals surface area (Å²) in [7, 11) is 1.77. The number of piperazine rings is 1. The third-order valence-electron chi connectivity index (χ3n) is 5.18. The third-order valence-corrected chi connectivity index (χ3v) is 5.18. The van der Waals surface area contributed by atoms with Crippen molar-refractivity contribution in [2.45, 2.75) is 6.92 Å². The van der Waals surface area contributed by atoms with Crippen LogP contribution >= 0.6 is 0 Å². The average Bonchev–Trinajstić information content (AvgIpc) is 2.80. The van der Waals surface area contributed by atoms with Crippen molar-refractivity contribution in [2.24, 2.45) is 0 Å². The van der Waals surface area contributed by atoms with E-state index in [-0.39, 0.29) is 17.9 Å². The van der Waals surface area contributed by atoms with E-state index in [0.717, 1.165) is 5.69 Å². The number of urea groups is 1. The maximum atomic E-state index is 12.5. The minimum Gasteiger partial charge on any atom is -0.462 e. The van der Waals surface area contributed by atoms with Crippen molar-refractivity contribution < 1.29 is 19.1 Å². The van der Waals surface area contributed by atoms with Gasteiger partial charge >= 0.3 is 12.0 Å². The van der Waals surface area contributed by atoms with Crippen molar-refractivity contribution in [3.63, 3.8) is 0 Å². The predicted molar refractivity (Wildman–Crippen MR) is 119 cm³/mol. The van der Waals surface area contributed by atoms with Crippen molar-refractivity contribution in [3.8, 4) is 0 Å². The van der Waals surface area contributed by atoms with Crippen LogP contribution in [0.25, 0.3) is 0 Å². The Bertz CT molecular complexity index is 894. The van der Waals surface area contributed by atoms with Crippen LogP contribution in [0, 0.1) is 0 Å². The van der Waals surface area contributed by atoms with Gasteiger partial charge in [-0.05, 0) is 43.3 Å². The number of likely N-dealkylation sites (N-methyl/N-ethyl adjacent to an activating group) is 1. The standard InChI is InChI=1S/C23H28N4O4/c1-3-31-22(29)18-9-11-19(12-10-18)24-23(30)27-15-13-26(14-16-27)17-21(28)25(2)20-7-5-4-6-8-20/h4-12H,3,13-17H2,1-2H3,(H,24,30). The summed E-state index contributed by atoms with van der Waals surface area (Å²) in [6.07, 6.45) is 0. The lowest BCUT2D eigenvalue weighted by molar-refractivity contribution is -0.119. The summed E-state index contributed by atoms with van der Waals surface area (Å²) in [5.74, 6) is -0.366. The average molecular weight is 425 g/mol. The van der Waals surface area contributed by atoms with E-state index < -0.39 is 0 Å². The van der Waals surface area contributed by atoms with Crippen molar-refractivity contribution in [3.05, 3.63) is 60.2 Å². The summed E-state index contributed by atoms with van der Waals surface area (Å²) in [5.41, 5.74) is 1.92. The van der Waals surface area contributed by atoms with Gasteiger partial charge in [-0.1, -0.05) is 18.2 Å². The number of ether oxygens (including phenoxy) is 1. The zero-order valence-electron chi connectivity index (χ0n) is 17.9. The number of carbonyl (C=O) groups excluding carboxylic acids is 3. The predicted octanol–water partition coefficient (Wildman–Crippen LogP) is 2.68. The molecule has 2 aromatic rings. The van der Waals surface area contributed by atoms with Gasteiger partial charge in [0, 0.05) is 44.6 Å². The highest BCUT2D eigenvalue weighted by atomic mass is 16.5. The molecule has 1 saturated heterocycles. The normalized spacial score (nSPS) is 14.1. The second-order valence-corrected chi connectivity index (χ2v) is 7.28. The fourth-order valence-electron chi connectivity index (χ4n) is 3.31. The molecule has 0 radical (unpaired) electrons. The van der Waals surface area contributed by atoms with E-state index in [1.165, 1.54) is 0 Å². The number of nitrogens with one attached hydrogen (secondary N) is 1. The molecule has 8 nitrogen and oxygen atoms in total. The van der Waals surface area contributed by atoms with Crippen molar-refractivity contribution >= 4 is 29.3 Å². The molecule has 8 heteroatoms. The Morgan fingerprint density at radius 1 is 0.968 bits per heavy atom. The van der Waals surface area contributed by atoms with Gasteiger partial charge in [0.15, 0.2) is 0 Å². The smallest absolute Gasteiger partial charge is 0.338 e. The molecule has 1 aliphatic rings. The minimum absolute atomic E-state index is 0.0193. The number of carbonyl (C=O) groups is 3. The number of hydrogen-bond donors (Lipinski definition) is 1. The molecule has 0 aliphatic carbocycles. The van der Waals surface area contributed by atoms with Gasteiger partial charge in [0.25, 0.3) is 0 Å². The number of rotatable bonds is 6. The summed E-state index contributed by atoms with van der Waals surface area (Å²) < 4.78 is 4.96. The largest absolute Gasteiger partial charge is 0.462 e. The zero-order chi connectivity index (χ0) is 22.2. The van der Waals surface area contributed by atoms with E-state index in [1.807, 2.05) is 30.3 Å². The Kier molecular flexibility index (Phi) is 7.61. The fourth-order valence-corrected chi connectivity index (χ4v) is 3.31. The lowest BCUT2D eigenvalue weighted by Crippen LogP contribution is -2.52. The Morgan fingerprint density at radius 3 is 2.23 bits per heavy atom. The van der Waals surface area contributed by atoms with Crippen LogP contribution in [0.4, 0.5) is 16.2 Å². The van der Waals surface area contributed by atoms with Gasteiger partial charge in [0.05, 0.1) is 18.7 Å². The number of para-hydroxylation sites is 1. The summed E-state index contributed by atoms with van der Waals surface area (Å²) in [5, 5.41) is 2.85. The third kappa shape index (κ3) is 6.05. The van der Waals surface area contributed by atoms with E-state index in [2.05, 4.69) is 10.2 Å². The first kappa shape index (κ1) is 22.3. The molecule has 3 rings (SSSR count). The first-order valence-corrected chi connectivity index (χ1v) is 10.3. The molecule has 0 aromatic heterocycles. The van der Waals surface area contributed by atoms with Gasteiger partial charge in [0.2, 0.25) is 5.91 Å². The summed E-state index contributed by atoms with van der Waals surface area (Å²) in [6.45, 7) is 4.72. The number of nitrogens with zero attached hydrogens (tertiary/aromatic N) is 3. The lowest BCUT2D eigenvalue weighted by atomic mass is 10.2. The minimum atomic E-state index is -0.385. The fraction of sp³-hybridized carbons (Fsp3) is 0.348. The maximum Gasteiger partial charge on any atom is 0.338 e. The van der Waals surface area contributed by atoms with Gasteiger partial charge in [-0.25, -0.2) is 9.59 Å². The van der Waals surface area contributed by atoms with Gasteiger partial charge in [0.1, 0.15) is 0 Å². The Balaban J connectivity index is 1.45. The molecule has 0 spiro atoms. The quantitative estimate of drug-likeness (QED) is 0.721. The van der Waals surface area contributed by atoms with Crippen LogP contribution in [-0.2, 0) is 9.53 Å². The SMILES string of the molecule is CCOC(=O)c1ccc(NC(=O)N2CCN(CC(=O)N(C)c3ccccc3)CC2)cc1. The second kappa shape index (κ2) is 10.6. The second-order valence-electron chi connectivity index (χ2n) is 7.28. The Hall–Kier alpha value is -3.39. The molecule has 1 heterocycles. The van der Waals surface area contributed by atoms with E-state index in [1.54, 1.807) is 48.0 Å².